The Bertz CT molecular complexity index is 2020. The second kappa shape index (κ2) is 13.2. The van der Waals surface area contributed by atoms with Gasteiger partial charge in [0.05, 0.1) is 28.8 Å². The third-order valence-electron chi connectivity index (χ3n) is 7.52. The van der Waals surface area contributed by atoms with Crippen LogP contribution in [0.3, 0.4) is 0 Å². The van der Waals surface area contributed by atoms with E-state index in [1.807, 2.05) is 89.6 Å². The second-order valence-corrected chi connectivity index (χ2v) is 13.4. The van der Waals surface area contributed by atoms with Gasteiger partial charge in [-0.15, -0.1) is 10.2 Å². The maximum absolute atomic E-state index is 13.2. The van der Waals surface area contributed by atoms with E-state index in [9.17, 15) is 9.90 Å². The molecule has 0 atom stereocenters. The van der Waals surface area contributed by atoms with Crippen molar-refractivity contribution in [3.8, 4) is 28.6 Å². The van der Waals surface area contributed by atoms with Crippen LogP contribution >= 0.6 is 23.5 Å². The Labute approximate surface area is 275 Å². The molecule has 6 rings (SSSR count). The normalized spacial score (nSPS) is 11.5. The topological polar surface area (TPSA) is 119 Å². The third-order valence-corrected chi connectivity index (χ3v) is 9.84. The number of fused-ring (bicyclic) bond motifs is 1. The van der Waals surface area contributed by atoms with Crippen LogP contribution in [0.1, 0.15) is 25.1 Å². The molecule has 10 nitrogen and oxygen atoms in total. The number of nitrogens with zero attached hydrogens (tertiary/aromatic N) is 5. The molecular formula is C34H33N7O3S2. The first kappa shape index (κ1) is 31.1. The number of hydrogen-bond donors (Lipinski definition) is 3. The average Bonchev–Trinajstić information content (AvgIpc) is 3.69. The van der Waals surface area contributed by atoms with Gasteiger partial charge in [-0.25, -0.2) is 9.48 Å². The van der Waals surface area contributed by atoms with Gasteiger partial charge in [-0.05, 0) is 68.1 Å². The highest BCUT2D eigenvalue weighted by Crippen LogP contribution is 2.36. The van der Waals surface area contributed by atoms with Crippen LogP contribution in [0.5, 0.6) is 11.5 Å². The first-order chi connectivity index (χ1) is 22.3. The minimum atomic E-state index is -0.373. The van der Waals surface area contributed by atoms with Gasteiger partial charge in [-0.2, -0.15) is 16.9 Å². The zero-order chi connectivity index (χ0) is 32.3. The number of rotatable bonds is 10. The predicted molar refractivity (Wildman–Crippen MR) is 183 cm³/mol. The highest BCUT2D eigenvalue weighted by atomic mass is 32.2. The van der Waals surface area contributed by atoms with Crippen LogP contribution in [0.25, 0.3) is 22.7 Å². The van der Waals surface area contributed by atoms with Crippen molar-refractivity contribution in [1.29, 1.82) is 0 Å². The van der Waals surface area contributed by atoms with E-state index >= 15 is 0 Å². The van der Waals surface area contributed by atoms with E-state index in [4.69, 9.17) is 9.84 Å². The molecule has 2 amide bonds. The Hall–Kier alpha value is -4.94. The van der Waals surface area contributed by atoms with Crippen molar-refractivity contribution in [1.82, 2.24) is 29.7 Å². The SMILES string of the molecule is COc1ccccc1-c1nnc2ccc(Sc3ccccc3CNC(=O)Nc3cc(C(C)(C)SC)nn3-c3cccc(O)c3)cn12. The number of aromatic hydroxyl groups is 1. The number of amides is 2. The molecule has 3 aromatic carbocycles. The first-order valence-corrected chi connectivity index (χ1v) is 16.5. The smallest absolute Gasteiger partial charge is 0.320 e. The molecule has 0 saturated heterocycles. The molecule has 46 heavy (non-hydrogen) atoms. The Morgan fingerprint density at radius 2 is 1.78 bits per heavy atom. The van der Waals surface area contributed by atoms with Crippen molar-refractivity contribution >= 4 is 41.0 Å². The quantitative estimate of drug-likeness (QED) is 0.141. The zero-order valence-corrected chi connectivity index (χ0v) is 27.4. The van der Waals surface area contributed by atoms with Crippen LogP contribution in [0.15, 0.2) is 107 Å². The van der Waals surface area contributed by atoms with Crippen LogP contribution in [0, 0.1) is 0 Å². The highest BCUT2D eigenvalue weighted by Gasteiger charge is 2.25. The highest BCUT2D eigenvalue weighted by molar-refractivity contribution is 7.99. The fourth-order valence-corrected chi connectivity index (χ4v) is 6.12. The van der Waals surface area contributed by atoms with Gasteiger partial charge in [0.1, 0.15) is 17.3 Å². The number of hydrogen-bond acceptors (Lipinski definition) is 8. The van der Waals surface area contributed by atoms with Gasteiger partial charge in [-0.3, -0.25) is 9.72 Å². The number of aromatic nitrogens is 5. The lowest BCUT2D eigenvalue weighted by atomic mass is 10.1. The zero-order valence-electron chi connectivity index (χ0n) is 25.8. The Morgan fingerprint density at radius 3 is 2.59 bits per heavy atom. The number of benzene rings is 3. The van der Waals surface area contributed by atoms with E-state index in [1.54, 1.807) is 53.5 Å². The van der Waals surface area contributed by atoms with E-state index in [0.717, 1.165) is 38.0 Å². The summed E-state index contributed by atoms with van der Waals surface area (Å²) in [5, 5.41) is 29.6. The number of urea groups is 1. The molecule has 0 radical (unpaired) electrons. The van der Waals surface area contributed by atoms with E-state index in [0.29, 0.717) is 23.9 Å². The predicted octanol–water partition coefficient (Wildman–Crippen LogP) is 7.37. The van der Waals surface area contributed by atoms with Gasteiger partial charge < -0.3 is 15.2 Å². The van der Waals surface area contributed by atoms with E-state index in [2.05, 4.69) is 34.7 Å². The molecule has 3 aromatic heterocycles. The molecule has 0 aliphatic rings. The van der Waals surface area contributed by atoms with E-state index < -0.39 is 0 Å². The molecule has 0 aliphatic carbocycles. The number of anilines is 1. The minimum absolute atomic E-state index is 0.114. The number of para-hydroxylation sites is 1. The van der Waals surface area contributed by atoms with Crippen LogP contribution in [-0.4, -0.2) is 48.9 Å². The summed E-state index contributed by atoms with van der Waals surface area (Å²) < 4.78 is 8.86. The van der Waals surface area contributed by atoms with Crippen LogP contribution in [0.2, 0.25) is 0 Å². The van der Waals surface area contributed by atoms with Crippen molar-refractivity contribution in [2.45, 2.75) is 34.9 Å². The van der Waals surface area contributed by atoms with Gasteiger partial charge in [-0.1, -0.05) is 48.2 Å². The summed E-state index contributed by atoms with van der Waals surface area (Å²) in [5.41, 5.74) is 3.98. The molecule has 3 N–H and O–H groups in total. The maximum atomic E-state index is 13.2. The van der Waals surface area contributed by atoms with Gasteiger partial charge in [0.2, 0.25) is 0 Å². The third kappa shape index (κ3) is 6.53. The Balaban J connectivity index is 1.20. The standard InChI is InChI=1S/C34H33N7O3S2/c1-34(2,45-4)29-19-31(41(39-29)23-11-9-12-24(42)18-23)36-33(43)35-20-22-10-5-8-15-28(22)46-25-16-17-30-37-38-32(40(30)21-25)26-13-6-7-14-27(26)44-3/h5-19,21,42H,20H2,1-4H3,(H2,35,36,43). The molecule has 0 aliphatic heterocycles. The monoisotopic (exact) mass is 651 g/mol. The lowest BCUT2D eigenvalue weighted by Gasteiger charge is -2.18. The van der Waals surface area contributed by atoms with Gasteiger partial charge in [0, 0.05) is 34.7 Å². The maximum Gasteiger partial charge on any atom is 0.320 e. The van der Waals surface area contributed by atoms with E-state index in [1.165, 1.54) is 0 Å². The minimum Gasteiger partial charge on any atom is -0.508 e. The van der Waals surface area contributed by atoms with E-state index in [-0.39, 0.29) is 16.5 Å². The average molecular weight is 652 g/mol. The number of carbonyl (C=O) groups is 1. The Morgan fingerprint density at radius 1 is 0.978 bits per heavy atom. The molecule has 0 fully saturated rings. The van der Waals surface area contributed by atoms with Crippen molar-refractivity contribution in [2.24, 2.45) is 0 Å². The number of methoxy groups -OCH3 is 1. The fraction of sp³-hybridized carbons (Fsp3) is 0.176. The van der Waals surface area contributed by atoms with Crippen molar-refractivity contribution < 1.29 is 14.6 Å². The largest absolute Gasteiger partial charge is 0.508 e. The fourth-order valence-electron chi connectivity index (χ4n) is 4.85. The molecule has 6 aromatic rings. The van der Waals surface area contributed by atoms with Crippen molar-refractivity contribution in [2.75, 3.05) is 18.7 Å². The molecule has 234 valence electrons. The summed E-state index contributed by atoms with van der Waals surface area (Å²) in [6.07, 6.45) is 4.03. The molecule has 0 unspecified atom stereocenters. The number of ether oxygens (including phenoxy) is 1. The lowest BCUT2D eigenvalue weighted by molar-refractivity contribution is 0.251. The summed E-state index contributed by atoms with van der Waals surface area (Å²) >= 11 is 3.25. The van der Waals surface area contributed by atoms with Crippen molar-refractivity contribution in [3.05, 3.63) is 108 Å². The van der Waals surface area contributed by atoms with Gasteiger partial charge in [0.15, 0.2) is 11.5 Å². The van der Waals surface area contributed by atoms with Crippen LogP contribution in [0.4, 0.5) is 10.6 Å². The summed E-state index contributed by atoms with van der Waals surface area (Å²) in [6.45, 7) is 4.46. The molecule has 3 heterocycles. The Kier molecular flexibility index (Phi) is 8.91. The number of pyridine rings is 1. The molecule has 0 bridgehead atoms. The van der Waals surface area contributed by atoms with Gasteiger partial charge >= 0.3 is 6.03 Å². The van der Waals surface area contributed by atoms with Crippen LogP contribution in [-0.2, 0) is 11.3 Å². The number of carbonyl (C=O) groups excluding carboxylic acids is 1. The summed E-state index contributed by atoms with van der Waals surface area (Å²) in [6, 6.07) is 27.9. The molecule has 0 saturated carbocycles. The lowest BCUT2D eigenvalue weighted by Crippen LogP contribution is -2.29. The number of phenolic OH excluding ortho intramolecular Hbond substituents is 1. The molecular weight excluding hydrogens is 619 g/mol. The number of phenols is 1. The molecule has 12 heteroatoms. The second-order valence-electron chi connectivity index (χ2n) is 10.9. The summed E-state index contributed by atoms with van der Waals surface area (Å²) in [5.74, 6) is 2.02. The van der Waals surface area contributed by atoms with Crippen LogP contribution < -0.4 is 15.4 Å². The summed E-state index contributed by atoms with van der Waals surface area (Å²) in [7, 11) is 1.64. The first-order valence-electron chi connectivity index (χ1n) is 14.5. The number of thioether (sulfide) groups is 1. The number of nitrogens with one attached hydrogen (secondary N) is 2. The molecule has 0 spiro atoms. The summed E-state index contributed by atoms with van der Waals surface area (Å²) in [4.78, 5) is 15.2. The van der Waals surface area contributed by atoms with Gasteiger partial charge in [0.25, 0.3) is 0 Å². The van der Waals surface area contributed by atoms with Crippen molar-refractivity contribution in [3.63, 3.8) is 0 Å².